The van der Waals surface area contributed by atoms with Crippen LogP contribution in [0.15, 0.2) is 24.3 Å². The minimum atomic E-state index is -0.190. The molecule has 2 nitrogen and oxygen atoms in total. The standard InChI is InChI=1S/C13H21FN2/c1-3-12(15)5-4-10-16(2)13-8-6-11(14)7-9-13/h6-9,12H,3-5,10,15H2,1-2H3. The van der Waals surface area contributed by atoms with Crippen LogP contribution < -0.4 is 10.6 Å². The summed E-state index contributed by atoms with van der Waals surface area (Å²) < 4.78 is 12.7. The molecular formula is C13H21FN2. The van der Waals surface area contributed by atoms with Gasteiger partial charge in [-0.05, 0) is 43.5 Å². The molecule has 1 rings (SSSR count). The van der Waals surface area contributed by atoms with Crippen molar-refractivity contribution in [3.63, 3.8) is 0 Å². The van der Waals surface area contributed by atoms with Gasteiger partial charge in [0.1, 0.15) is 5.82 Å². The Morgan fingerprint density at radius 1 is 1.31 bits per heavy atom. The van der Waals surface area contributed by atoms with Crippen molar-refractivity contribution in [3.05, 3.63) is 30.1 Å². The van der Waals surface area contributed by atoms with Crippen LogP contribution in [0.25, 0.3) is 0 Å². The first-order valence-corrected chi connectivity index (χ1v) is 5.85. The Balaban J connectivity index is 2.35. The van der Waals surface area contributed by atoms with Gasteiger partial charge in [0.05, 0.1) is 0 Å². The van der Waals surface area contributed by atoms with Crippen molar-refractivity contribution in [2.75, 3.05) is 18.5 Å². The molecule has 1 aromatic carbocycles. The van der Waals surface area contributed by atoms with Crippen molar-refractivity contribution in [2.24, 2.45) is 5.73 Å². The maximum atomic E-state index is 12.7. The molecule has 0 heterocycles. The van der Waals surface area contributed by atoms with Gasteiger partial charge in [-0.1, -0.05) is 6.92 Å². The van der Waals surface area contributed by atoms with E-state index >= 15 is 0 Å². The van der Waals surface area contributed by atoms with E-state index in [0.717, 1.165) is 31.5 Å². The number of anilines is 1. The van der Waals surface area contributed by atoms with Crippen molar-refractivity contribution < 1.29 is 4.39 Å². The molecule has 0 aliphatic carbocycles. The molecule has 1 atom stereocenters. The minimum absolute atomic E-state index is 0.190. The molecule has 16 heavy (non-hydrogen) atoms. The molecule has 0 saturated carbocycles. The number of rotatable bonds is 6. The highest BCUT2D eigenvalue weighted by molar-refractivity contribution is 5.45. The lowest BCUT2D eigenvalue weighted by Gasteiger charge is -2.20. The third-order valence-corrected chi connectivity index (χ3v) is 2.86. The van der Waals surface area contributed by atoms with Gasteiger partial charge in [-0.3, -0.25) is 0 Å². The lowest BCUT2D eigenvalue weighted by molar-refractivity contribution is 0.567. The van der Waals surface area contributed by atoms with E-state index in [0.29, 0.717) is 6.04 Å². The normalized spacial score (nSPS) is 12.5. The van der Waals surface area contributed by atoms with Gasteiger partial charge in [0.15, 0.2) is 0 Å². The van der Waals surface area contributed by atoms with Crippen molar-refractivity contribution in [3.8, 4) is 0 Å². The number of nitrogens with zero attached hydrogens (tertiary/aromatic N) is 1. The number of benzene rings is 1. The quantitative estimate of drug-likeness (QED) is 0.805. The minimum Gasteiger partial charge on any atom is -0.375 e. The molecule has 1 unspecified atom stereocenters. The highest BCUT2D eigenvalue weighted by Crippen LogP contribution is 2.13. The predicted octanol–water partition coefficient (Wildman–Crippen LogP) is 2.78. The van der Waals surface area contributed by atoms with Crippen LogP contribution in [-0.2, 0) is 0 Å². The number of halogens is 1. The molecule has 0 aromatic heterocycles. The van der Waals surface area contributed by atoms with E-state index in [4.69, 9.17) is 5.73 Å². The second-order valence-corrected chi connectivity index (χ2v) is 4.21. The molecule has 0 radical (unpaired) electrons. The molecule has 0 amide bonds. The smallest absolute Gasteiger partial charge is 0.123 e. The van der Waals surface area contributed by atoms with E-state index < -0.39 is 0 Å². The maximum Gasteiger partial charge on any atom is 0.123 e. The van der Waals surface area contributed by atoms with Crippen LogP contribution in [0.1, 0.15) is 26.2 Å². The fourth-order valence-corrected chi connectivity index (χ4v) is 1.62. The molecule has 0 aliphatic heterocycles. The largest absolute Gasteiger partial charge is 0.375 e. The Kier molecular flexibility index (Phi) is 5.26. The van der Waals surface area contributed by atoms with Crippen molar-refractivity contribution in [2.45, 2.75) is 32.2 Å². The van der Waals surface area contributed by atoms with Crippen molar-refractivity contribution >= 4 is 5.69 Å². The summed E-state index contributed by atoms with van der Waals surface area (Å²) in [4.78, 5) is 2.13. The van der Waals surface area contributed by atoms with Crippen LogP contribution in [0.4, 0.5) is 10.1 Å². The molecule has 0 bridgehead atoms. The van der Waals surface area contributed by atoms with E-state index in [9.17, 15) is 4.39 Å². The van der Waals surface area contributed by atoms with Crippen LogP contribution >= 0.6 is 0 Å². The zero-order chi connectivity index (χ0) is 12.0. The van der Waals surface area contributed by atoms with E-state index in [-0.39, 0.29) is 5.82 Å². The van der Waals surface area contributed by atoms with E-state index in [1.54, 1.807) is 12.1 Å². The average Bonchev–Trinajstić information content (AvgIpc) is 2.29. The summed E-state index contributed by atoms with van der Waals surface area (Å²) in [5, 5.41) is 0. The third kappa shape index (κ3) is 4.19. The van der Waals surface area contributed by atoms with Crippen LogP contribution in [0.3, 0.4) is 0 Å². The number of hydrogen-bond acceptors (Lipinski definition) is 2. The van der Waals surface area contributed by atoms with Gasteiger partial charge in [-0.25, -0.2) is 4.39 Å². The maximum absolute atomic E-state index is 12.7. The summed E-state index contributed by atoms with van der Waals surface area (Å²) >= 11 is 0. The Hall–Kier alpha value is -1.09. The topological polar surface area (TPSA) is 29.3 Å². The third-order valence-electron chi connectivity index (χ3n) is 2.86. The Labute approximate surface area is 97.3 Å². The second kappa shape index (κ2) is 6.48. The molecular weight excluding hydrogens is 203 g/mol. The van der Waals surface area contributed by atoms with Crippen molar-refractivity contribution in [1.29, 1.82) is 0 Å². The van der Waals surface area contributed by atoms with Gasteiger partial charge in [-0.15, -0.1) is 0 Å². The summed E-state index contributed by atoms with van der Waals surface area (Å²) in [6.07, 6.45) is 3.14. The van der Waals surface area contributed by atoms with Crippen LogP contribution in [0.2, 0.25) is 0 Å². The molecule has 2 N–H and O–H groups in total. The lowest BCUT2D eigenvalue weighted by Crippen LogP contribution is -2.23. The van der Waals surface area contributed by atoms with Crippen LogP contribution in [-0.4, -0.2) is 19.6 Å². The second-order valence-electron chi connectivity index (χ2n) is 4.21. The first kappa shape index (κ1) is 13.0. The molecule has 1 aromatic rings. The SMILES string of the molecule is CCC(N)CCCN(C)c1ccc(F)cc1. The zero-order valence-electron chi connectivity index (χ0n) is 10.1. The fraction of sp³-hybridized carbons (Fsp3) is 0.538. The number of hydrogen-bond donors (Lipinski definition) is 1. The molecule has 0 aliphatic rings. The molecule has 90 valence electrons. The van der Waals surface area contributed by atoms with Crippen LogP contribution in [0.5, 0.6) is 0 Å². The average molecular weight is 224 g/mol. The Morgan fingerprint density at radius 3 is 2.50 bits per heavy atom. The first-order chi connectivity index (χ1) is 7.63. The fourth-order valence-electron chi connectivity index (χ4n) is 1.62. The lowest BCUT2D eigenvalue weighted by atomic mass is 10.1. The molecule has 3 heteroatoms. The molecule has 0 fully saturated rings. The Bertz CT molecular complexity index is 297. The molecule has 0 saturated heterocycles. The summed E-state index contributed by atoms with van der Waals surface area (Å²) in [5.41, 5.74) is 6.90. The van der Waals surface area contributed by atoms with E-state index in [2.05, 4.69) is 11.8 Å². The van der Waals surface area contributed by atoms with Gasteiger partial charge in [0.2, 0.25) is 0 Å². The first-order valence-electron chi connectivity index (χ1n) is 5.85. The highest BCUT2D eigenvalue weighted by atomic mass is 19.1. The monoisotopic (exact) mass is 224 g/mol. The van der Waals surface area contributed by atoms with Crippen LogP contribution in [0, 0.1) is 5.82 Å². The van der Waals surface area contributed by atoms with Gasteiger partial charge < -0.3 is 10.6 Å². The predicted molar refractivity (Wildman–Crippen MR) is 67.2 cm³/mol. The summed E-state index contributed by atoms with van der Waals surface area (Å²) in [6.45, 7) is 3.06. The summed E-state index contributed by atoms with van der Waals surface area (Å²) in [5.74, 6) is -0.190. The summed E-state index contributed by atoms with van der Waals surface area (Å²) in [7, 11) is 2.02. The molecule has 0 spiro atoms. The van der Waals surface area contributed by atoms with E-state index in [1.807, 2.05) is 7.05 Å². The highest BCUT2D eigenvalue weighted by Gasteiger charge is 2.03. The van der Waals surface area contributed by atoms with Gasteiger partial charge in [0.25, 0.3) is 0 Å². The van der Waals surface area contributed by atoms with Crippen molar-refractivity contribution in [1.82, 2.24) is 0 Å². The zero-order valence-corrected chi connectivity index (χ0v) is 10.1. The van der Waals surface area contributed by atoms with E-state index in [1.165, 1.54) is 12.1 Å². The van der Waals surface area contributed by atoms with Gasteiger partial charge in [-0.2, -0.15) is 0 Å². The summed E-state index contributed by atoms with van der Waals surface area (Å²) in [6, 6.07) is 6.89. The van der Waals surface area contributed by atoms with Gasteiger partial charge in [0, 0.05) is 25.3 Å². The van der Waals surface area contributed by atoms with Gasteiger partial charge >= 0.3 is 0 Å². The Morgan fingerprint density at radius 2 is 1.94 bits per heavy atom. The number of nitrogens with two attached hydrogens (primary N) is 1.